The van der Waals surface area contributed by atoms with E-state index in [4.69, 9.17) is 19.6 Å². The summed E-state index contributed by atoms with van der Waals surface area (Å²) in [6, 6.07) is 15.8. The topological polar surface area (TPSA) is 78.3 Å². The number of nitrogens with one attached hydrogen (secondary N) is 1. The minimum Gasteiger partial charge on any atom is -0.497 e. The van der Waals surface area contributed by atoms with Crippen molar-refractivity contribution in [1.82, 2.24) is 20.1 Å². The third-order valence-corrected chi connectivity index (χ3v) is 6.03. The number of aromatic nitrogens is 3. The van der Waals surface area contributed by atoms with Crippen LogP contribution < -0.4 is 14.8 Å². The molecule has 34 heavy (non-hydrogen) atoms. The van der Waals surface area contributed by atoms with Gasteiger partial charge in [0.1, 0.15) is 5.75 Å². The molecule has 0 atom stereocenters. The molecule has 0 aliphatic rings. The first-order valence-electron chi connectivity index (χ1n) is 11.3. The lowest BCUT2D eigenvalue weighted by atomic mass is 10.0. The number of amides is 1. The van der Waals surface area contributed by atoms with Crippen LogP contribution in [0.5, 0.6) is 11.6 Å². The summed E-state index contributed by atoms with van der Waals surface area (Å²) < 4.78 is 12.7. The van der Waals surface area contributed by atoms with Gasteiger partial charge in [0.25, 0.3) is 0 Å². The molecule has 0 saturated carbocycles. The molecule has 0 unspecified atom stereocenters. The maximum atomic E-state index is 12.6. The maximum Gasteiger partial charge on any atom is 0.220 e. The third kappa shape index (κ3) is 4.73. The molecule has 2 heterocycles. The molecule has 1 amide bonds. The van der Waals surface area contributed by atoms with Crippen molar-refractivity contribution in [3.8, 4) is 17.3 Å². The molecule has 7 heteroatoms. The number of carbonyl (C=O) groups excluding carboxylic acids is 1. The predicted molar refractivity (Wildman–Crippen MR) is 133 cm³/mol. The summed E-state index contributed by atoms with van der Waals surface area (Å²) in [6.45, 7) is 6.54. The van der Waals surface area contributed by atoms with E-state index in [1.165, 1.54) is 5.56 Å². The second-order valence-corrected chi connectivity index (χ2v) is 8.38. The van der Waals surface area contributed by atoms with Gasteiger partial charge in [-0.25, -0.2) is 4.68 Å². The monoisotopic (exact) mass is 458 g/mol. The highest BCUT2D eigenvalue weighted by Gasteiger charge is 2.20. The van der Waals surface area contributed by atoms with Gasteiger partial charge in [-0.15, -0.1) is 0 Å². The lowest BCUT2D eigenvalue weighted by Gasteiger charge is -2.13. The second-order valence-electron chi connectivity index (χ2n) is 8.38. The summed E-state index contributed by atoms with van der Waals surface area (Å²) in [4.78, 5) is 17.4. The van der Waals surface area contributed by atoms with Crippen LogP contribution >= 0.6 is 0 Å². The number of carbonyl (C=O) groups is 1. The Hall–Kier alpha value is -3.87. The van der Waals surface area contributed by atoms with Gasteiger partial charge >= 0.3 is 0 Å². The number of pyridine rings is 1. The molecule has 0 spiro atoms. The summed E-state index contributed by atoms with van der Waals surface area (Å²) >= 11 is 0. The number of fused-ring (bicyclic) bond motifs is 1. The van der Waals surface area contributed by atoms with Crippen LogP contribution in [0.4, 0.5) is 0 Å². The van der Waals surface area contributed by atoms with Crippen molar-refractivity contribution in [2.75, 3.05) is 14.2 Å². The Balaban J connectivity index is 1.55. The van der Waals surface area contributed by atoms with E-state index in [-0.39, 0.29) is 5.91 Å². The van der Waals surface area contributed by atoms with E-state index in [0.29, 0.717) is 25.3 Å². The van der Waals surface area contributed by atoms with Crippen LogP contribution in [0.3, 0.4) is 0 Å². The Labute approximate surface area is 199 Å². The molecule has 0 saturated heterocycles. The molecule has 176 valence electrons. The number of hydrogen-bond acceptors (Lipinski definition) is 5. The van der Waals surface area contributed by atoms with Crippen molar-refractivity contribution in [2.24, 2.45) is 0 Å². The van der Waals surface area contributed by atoms with Crippen LogP contribution in [-0.4, -0.2) is 34.9 Å². The average molecular weight is 459 g/mol. The van der Waals surface area contributed by atoms with E-state index in [2.05, 4.69) is 24.4 Å². The number of rotatable bonds is 8. The minimum atomic E-state index is -0.0311. The minimum absolute atomic E-state index is 0.0311. The molecule has 0 aliphatic heterocycles. The number of benzene rings is 2. The average Bonchev–Trinajstić information content (AvgIpc) is 3.18. The first-order chi connectivity index (χ1) is 16.4. The van der Waals surface area contributed by atoms with E-state index in [9.17, 15) is 4.79 Å². The second kappa shape index (κ2) is 9.95. The van der Waals surface area contributed by atoms with Crippen molar-refractivity contribution < 1.29 is 14.3 Å². The fourth-order valence-electron chi connectivity index (χ4n) is 4.17. The molecule has 4 aromatic rings. The Morgan fingerprint density at radius 1 is 1.03 bits per heavy atom. The van der Waals surface area contributed by atoms with Crippen molar-refractivity contribution in [1.29, 1.82) is 0 Å². The molecular formula is C27H30N4O3. The molecule has 2 aromatic carbocycles. The van der Waals surface area contributed by atoms with Crippen molar-refractivity contribution in [3.63, 3.8) is 0 Å². The van der Waals surface area contributed by atoms with E-state index >= 15 is 0 Å². The van der Waals surface area contributed by atoms with Crippen LogP contribution in [0.25, 0.3) is 16.7 Å². The van der Waals surface area contributed by atoms with Crippen molar-refractivity contribution >= 4 is 16.9 Å². The number of hydrogen-bond donors (Lipinski definition) is 1. The molecule has 4 rings (SSSR count). The number of aryl methyl sites for hydroxylation is 3. The highest BCUT2D eigenvalue weighted by atomic mass is 16.5. The molecule has 2 aromatic heterocycles. The summed E-state index contributed by atoms with van der Waals surface area (Å²) in [6.07, 6.45) is 0.858. The molecule has 0 fully saturated rings. The zero-order chi connectivity index (χ0) is 24.2. The fraction of sp³-hybridized carbons (Fsp3) is 0.296. The van der Waals surface area contributed by atoms with Gasteiger partial charge < -0.3 is 14.8 Å². The standard InChI is InChI=1S/C27H30N4O3/c1-17-9-11-21(12-10-17)31-26-25(19(3)30-31)18(2)23(27(29-26)34-5)13-14-24(32)28-16-20-7-6-8-22(15-20)33-4/h6-12,15H,13-14,16H2,1-5H3,(H,28,32). The highest BCUT2D eigenvalue weighted by molar-refractivity contribution is 5.86. The molecule has 1 N–H and O–H groups in total. The summed E-state index contributed by atoms with van der Waals surface area (Å²) in [5.41, 5.74) is 6.74. The van der Waals surface area contributed by atoms with Crippen LogP contribution in [0, 0.1) is 20.8 Å². The molecule has 0 bridgehead atoms. The summed E-state index contributed by atoms with van der Waals surface area (Å²) in [7, 11) is 3.24. The Morgan fingerprint density at radius 2 is 1.79 bits per heavy atom. The lowest BCUT2D eigenvalue weighted by molar-refractivity contribution is -0.121. The third-order valence-electron chi connectivity index (χ3n) is 6.03. The summed E-state index contributed by atoms with van der Waals surface area (Å²) in [5.74, 6) is 1.27. The largest absolute Gasteiger partial charge is 0.497 e. The summed E-state index contributed by atoms with van der Waals surface area (Å²) in [5, 5.41) is 8.73. The maximum absolute atomic E-state index is 12.6. The van der Waals surface area contributed by atoms with E-state index in [1.54, 1.807) is 14.2 Å². The zero-order valence-corrected chi connectivity index (χ0v) is 20.3. The van der Waals surface area contributed by atoms with E-state index in [0.717, 1.165) is 44.9 Å². The zero-order valence-electron chi connectivity index (χ0n) is 20.3. The molecule has 0 radical (unpaired) electrons. The van der Waals surface area contributed by atoms with Gasteiger partial charge in [0.05, 0.1) is 25.6 Å². The normalized spacial score (nSPS) is 11.0. The van der Waals surface area contributed by atoms with Gasteiger partial charge in [-0.3, -0.25) is 4.79 Å². The Kier molecular flexibility index (Phi) is 6.82. The van der Waals surface area contributed by atoms with Crippen LogP contribution in [0.2, 0.25) is 0 Å². The van der Waals surface area contributed by atoms with Crippen molar-refractivity contribution in [3.05, 3.63) is 76.5 Å². The van der Waals surface area contributed by atoms with Gasteiger partial charge in [-0.2, -0.15) is 10.1 Å². The first kappa shape index (κ1) is 23.3. The molecule has 7 nitrogen and oxygen atoms in total. The van der Waals surface area contributed by atoms with Gasteiger partial charge in [0, 0.05) is 23.9 Å². The number of ether oxygens (including phenoxy) is 2. The SMILES string of the molecule is COc1cccc(CNC(=O)CCc2c(OC)nc3c(c(C)nn3-c3ccc(C)cc3)c2C)c1. The Morgan fingerprint density at radius 3 is 2.50 bits per heavy atom. The highest BCUT2D eigenvalue weighted by Crippen LogP contribution is 2.32. The number of methoxy groups -OCH3 is 2. The van der Waals surface area contributed by atoms with Gasteiger partial charge in [0.2, 0.25) is 11.8 Å². The first-order valence-corrected chi connectivity index (χ1v) is 11.3. The fourth-order valence-corrected chi connectivity index (χ4v) is 4.17. The van der Waals surface area contributed by atoms with Crippen LogP contribution in [0.15, 0.2) is 48.5 Å². The van der Waals surface area contributed by atoms with Crippen LogP contribution in [0.1, 0.15) is 34.4 Å². The van der Waals surface area contributed by atoms with Gasteiger partial charge in [-0.1, -0.05) is 29.8 Å². The lowest BCUT2D eigenvalue weighted by Crippen LogP contribution is -2.23. The number of nitrogens with zero attached hydrogens (tertiary/aromatic N) is 3. The van der Waals surface area contributed by atoms with Gasteiger partial charge in [0.15, 0.2) is 5.65 Å². The Bertz CT molecular complexity index is 1330. The molecular weight excluding hydrogens is 428 g/mol. The smallest absolute Gasteiger partial charge is 0.220 e. The predicted octanol–water partition coefficient (Wildman–Crippen LogP) is 4.61. The quantitative estimate of drug-likeness (QED) is 0.417. The van der Waals surface area contributed by atoms with Crippen molar-refractivity contribution in [2.45, 2.75) is 40.2 Å². The van der Waals surface area contributed by atoms with Crippen LogP contribution in [-0.2, 0) is 17.8 Å². The van der Waals surface area contributed by atoms with E-state index in [1.807, 2.05) is 54.9 Å². The molecule has 0 aliphatic carbocycles. The van der Waals surface area contributed by atoms with Gasteiger partial charge in [-0.05, 0) is 62.6 Å². The van der Waals surface area contributed by atoms with E-state index < -0.39 is 0 Å².